The van der Waals surface area contributed by atoms with Crippen LogP contribution in [0.15, 0.2) is 41.3 Å². The Morgan fingerprint density at radius 3 is 2.00 bits per heavy atom. The van der Waals surface area contributed by atoms with Gasteiger partial charge in [0.15, 0.2) is 23.0 Å². The van der Waals surface area contributed by atoms with Crippen LogP contribution >= 0.6 is 0 Å². The summed E-state index contributed by atoms with van der Waals surface area (Å²) in [6.45, 7) is 0.888. The van der Waals surface area contributed by atoms with Crippen LogP contribution in [0.1, 0.15) is 18.4 Å². The molecule has 1 fully saturated rings. The van der Waals surface area contributed by atoms with E-state index in [9.17, 15) is 13.2 Å². The molecule has 0 radical (unpaired) electrons. The number of hydrogen-bond donors (Lipinski definition) is 1. The van der Waals surface area contributed by atoms with Crippen LogP contribution in [0.4, 0.5) is 0 Å². The molecule has 0 aliphatic carbocycles. The van der Waals surface area contributed by atoms with Crippen molar-refractivity contribution in [2.45, 2.75) is 24.3 Å². The number of carbonyl (C=O) groups excluding carboxylic acids is 1. The average Bonchev–Trinajstić information content (AvgIpc) is 2.86. The third kappa shape index (κ3) is 5.51. The smallest absolute Gasteiger partial charge is 0.243 e. The Morgan fingerprint density at radius 1 is 0.879 bits per heavy atom. The molecule has 1 N–H and O–H groups in total. The number of nitrogens with one attached hydrogen (secondary N) is 1. The Morgan fingerprint density at radius 2 is 1.42 bits per heavy atom. The minimum atomic E-state index is -3.70. The molecule has 1 saturated heterocycles. The summed E-state index contributed by atoms with van der Waals surface area (Å²) < 4.78 is 48.5. The number of rotatable bonds is 9. The maximum atomic E-state index is 13.1. The van der Waals surface area contributed by atoms with Crippen molar-refractivity contribution in [3.8, 4) is 23.0 Å². The lowest BCUT2D eigenvalue weighted by atomic mass is 9.97. The molecule has 2 aromatic rings. The largest absolute Gasteiger partial charge is 0.493 e. The quantitative estimate of drug-likeness (QED) is 0.590. The molecule has 0 unspecified atom stereocenters. The van der Waals surface area contributed by atoms with Crippen molar-refractivity contribution in [2.24, 2.45) is 5.92 Å². The molecule has 1 amide bonds. The molecule has 180 valence electrons. The molecule has 10 heteroatoms. The van der Waals surface area contributed by atoms with E-state index < -0.39 is 10.0 Å². The monoisotopic (exact) mass is 478 g/mol. The summed E-state index contributed by atoms with van der Waals surface area (Å²) >= 11 is 0. The third-order valence-corrected chi connectivity index (χ3v) is 7.63. The Balaban J connectivity index is 1.58. The van der Waals surface area contributed by atoms with Crippen LogP contribution < -0.4 is 24.3 Å². The molecule has 9 nitrogen and oxygen atoms in total. The molecule has 0 spiro atoms. The minimum absolute atomic E-state index is 0.0899. The van der Waals surface area contributed by atoms with E-state index in [0.717, 1.165) is 5.56 Å². The normalized spacial score (nSPS) is 15.0. The lowest BCUT2D eigenvalue weighted by molar-refractivity contribution is -0.126. The zero-order chi connectivity index (χ0) is 24.0. The van der Waals surface area contributed by atoms with E-state index >= 15 is 0 Å². The van der Waals surface area contributed by atoms with Gasteiger partial charge in [-0.25, -0.2) is 8.42 Å². The van der Waals surface area contributed by atoms with Crippen molar-refractivity contribution >= 4 is 15.9 Å². The highest BCUT2D eigenvalue weighted by atomic mass is 32.2. The van der Waals surface area contributed by atoms with Gasteiger partial charge in [0.25, 0.3) is 0 Å². The van der Waals surface area contributed by atoms with Crippen molar-refractivity contribution in [1.29, 1.82) is 0 Å². The van der Waals surface area contributed by atoms with Crippen LogP contribution in [0.2, 0.25) is 0 Å². The lowest BCUT2D eigenvalue weighted by Gasteiger charge is -2.30. The van der Waals surface area contributed by atoms with Crippen molar-refractivity contribution in [2.75, 3.05) is 41.5 Å². The molecule has 0 atom stereocenters. The van der Waals surface area contributed by atoms with E-state index in [4.69, 9.17) is 18.9 Å². The molecular weight excluding hydrogens is 448 g/mol. The summed E-state index contributed by atoms with van der Waals surface area (Å²) in [5.74, 6) is 1.69. The van der Waals surface area contributed by atoms with Crippen LogP contribution in [0, 0.1) is 5.92 Å². The fraction of sp³-hybridized carbons (Fsp3) is 0.435. The molecule has 1 aliphatic heterocycles. The van der Waals surface area contributed by atoms with Gasteiger partial charge in [0, 0.05) is 31.6 Å². The number of hydrogen-bond acceptors (Lipinski definition) is 7. The Labute approximate surface area is 194 Å². The van der Waals surface area contributed by atoms with E-state index in [1.54, 1.807) is 26.4 Å². The highest BCUT2D eigenvalue weighted by Gasteiger charge is 2.32. The number of sulfonamides is 1. The van der Waals surface area contributed by atoms with Gasteiger partial charge in [-0.1, -0.05) is 6.07 Å². The first-order valence-electron chi connectivity index (χ1n) is 10.5. The minimum Gasteiger partial charge on any atom is -0.493 e. The second kappa shape index (κ2) is 10.8. The van der Waals surface area contributed by atoms with E-state index in [1.807, 2.05) is 12.1 Å². The predicted molar refractivity (Wildman–Crippen MR) is 122 cm³/mol. The van der Waals surface area contributed by atoms with Gasteiger partial charge >= 0.3 is 0 Å². The van der Waals surface area contributed by atoms with Gasteiger partial charge in [-0.3, -0.25) is 4.79 Å². The number of amides is 1. The maximum Gasteiger partial charge on any atom is 0.243 e. The van der Waals surface area contributed by atoms with Crippen LogP contribution in [-0.4, -0.2) is 60.2 Å². The number of benzene rings is 2. The summed E-state index contributed by atoms with van der Waals surface area (Å²) in [6, 6.07) is 9.99. The van der Waals surface area contributed by atoms with Crippen LogP contribution in [-0.2, 0) is 21.4 Å². The zero-order valence-corrected chi connectivity index (χ0v) is 20.1. The zero-order valence-electron chi connectivity index (χ0n) is 19.3. The topological polar surface area (TPSA) is 103 Å². The number of ether oxygens (including phenoxy) is 4. The van der Waals surface area contributed by atoms with Gasteiger partial charge in [-0.15, -0.1) is 0 Å². The SMILES string of the molecule is COc1ccc(CNC(=O)C2CCN(S(=O)(=O)c3ccc(OC)c(OC)c3)CC2)cc1OC. The van der Waals surface area contributed by atoms with Gasteiger partial charge < -0.3 is 24.3 Å². The Hall–Kier alpha value is -2.98. The number of nitrogens with zero attached hydrogens (tertiary/aromatic N) is 1. The molecule has 0 saturated carbocycles. The van der Waals surface area contributed by atoms with E-state index in [1.165, 1.54) is 30.7 Å². The second-order valence-corrected chi connectivity index (χ2v) is 9.54. The molecule has 1 heterocycles. The van der Waals surface area contributed by atoms with Crippen LogP contribution in [0.5, 0.6) is 23.0 Å². The van der Waals surface area contributed by atoms with Gasteiger partial charge in [-0.05, 0) is 42.7 Å². The fourth-order valence-corrected chi connectivity index (χ4v) is 5.29. The molecule has 33 heavy (non-hydrogen) atoms. The maximum absolute atomic E-state index is 13.1. The fourth-order valence-electron chi connectivity index (χ4n) is 3.81. The number of carbonyl (C=O) groups is 1. The highest BCUT2D eigenvalue weighted by molar-refractivity contribution is 7.89. The summed E-state index contributed by atoms with van der Waals surface area (Å²) in [5.41, 5.74) is 0.884. The summed E-state index contributed by atoms with van der Waals surface area (Å²) in [7, 11) is 2.38. The lowest BCUT2D eigenvalue weighted by Crippen LogP contribution is -2.42. The van der Waals surface area contributed by atoms with Crippen LogP contribution in [0.25, 0.3) is 0 Å². The highest BCUT2D eigenvalue weighted by Crippen LogP contribution is 2.32. The first-order chi connectivity index (χ1) is 15.8. The first-order valence-corrected chi connectivity index (χ1v) is 12.0. The first kappa shape index (κ1) is 24.7. The van der Waals surface area contributed by atoms with Crippen molar-refractivity contribution in [1.82, 2.24) is 9.62 Å². The third-order valence-electron chi connectivity index (χ3n) is 5.73. The summed E-state index contributed by atoms with van der Waals surface area (Å²) in [6.07, 6.45) is 0.897. The molecule has 0 aromatic heterocycles. The van der Waals surface area contributed by atoms with E-state index in [-0.39, 0.29) is 29.8 Å². The molecule has 3 rings (SSSR count). The van der Waals surface area contributed by atoms with Crippen molar-refractivity contribution < 1.29 is 32.2 Å². The molecular formula is C23H30N2O7S. The second-order valence-electron chi connectivity index (χ2n) is 7.60. The molecule has 0 bridgehead atoms. The number of methoxy groups -OCH3 is 4. The van der Waals surface area contributed by atoms with Crippen molar-refractivity contribution in [3.63, 3.8) is 0 Å². The number of piperidine rings is 1. The van der Waals surface area contributed by atoms with Crippen molar-refractivity contribution in [3.05, 3.63) is 42.0 Å². The molecule has 2 aromatic carbocycles. The Bertz CT molecular complexity index is 1080. The average molecular weight is 479 g/mol. The van der Waals surface area contributed by atoms with Gasteiger partial charge in [0.05, 0.1) is 33.3 Å². The van der Waals surface area contributed by atoms with Crippen LogP contribution in [0.3, 0.4) is 0 Å². The molecule has 1 aliphatic rings. The van der Waals surface area contributed by atoms with E-state index in [0.29, 0.717) is 42.4 Å². The predicted octanol–water partition coefficient (Wildman–Crippen LogP) is 2.44. The van der Waals surface area contributed by atoms with E-state index in [2.05, 4.69) is 5.32 Å². The van der Waals surface area contributed by atoms with Gasteiger partial charge in [0.2, 0.25) is 15.9 Å². The van der Waals surface area contributed by atoms with Gasteiger partial charge in [0.1, 0.15) is 0 Å². The summed E-state index contributed by atoms with van der Waals surface area (Å²) in [5, 5.41) is 2.94. The standard InChI is InChI=1S/C23H30N2O7S/c1-29-19-7-5-16(13-21(19)31-3)15-24-23(26)17-9-11-25(12-10-17)33(27,28)18-6-8-20(30-2)22(14-18)32-4/h5-8,13-14,17H,9-12,15H2,1-4H3,(H,24,26). The summed E-state index contributed by atoms with van der Waals surface area (Å²) in [4.78, 5) is 12.8. The Kier molecular flexibility index (Phi) is 8.04. The van der Waals surface area contributed by atoms with Gasteiger partial charge in [-0.2, -0.15) is 4.31 Å².